The van der Waals surface area contributed by atoms with E-state index in [0.29, 0.717) is 12.4 Å². The average molecular weight is 312 g/mol. The molecule has 0 bridgehead atoms. The largest absolute Gasteiger partial charge is 0.493 e. The summed E-state index contributed by atoms with van der Waals surface area (Å²) in [5.41, 5.74) is 8.45. The fraction of sp³-hybridized carbons (Fsp3) is 0.316. The lowest BCUT2D eigenvalue weighted by molar-refractivity contribution is 0.354. The van der Waals surface area contributed by atoms with E-state index in [-0.39, 0.29) is 5.92 Å². The van der Waals surface area contributed by atoms with Gasteiger partial charge in [0.15, 0.2) is 11.5 Å². The summed E-state index contributed by atoms with van der Waals surface area (Å²) in [5, 5.41) is 0. The van der Waals surface area contributed by atoms with E-state index in [2.05, 4.69) is 24.0 Å². The molecule has 4 heteroatoms. The van der Waals surface area contributed by atoms with Crippen molar-refractivity contribution in [1.29, 1.82) is 0 Å². The highest BCUT2D eigenvalue weighted by Gasteiger charge is 2.09. The minimum absolute atomic E-state index is 0.126. The summed E-state index contributed by atoms with van der Waals surface area (Å²) in [4.78, 5) is 4.52. The van der Waals surface area contributed by atoms with Gasteiger partial charge in [0.1, 0.15) is 5.84 Å². The molecule has 0 aromatic heterocycles. The van der Waals surface area contributed by atoms with Crippen molar-refractivity contribution in [3.63, 3.8) is 0 Å². The number of hydrogen-bond donors (Lipinski definition) is 1. The van der Waals surface area contributed by atoms with E-state index in [0.717, 1.165) is 23.5 Å². The zero-order valence-electron chi connectivity index (χ0n) is 14.0. The molecular weight excluding hydrogens is 288 g/mol. The Hall–Kier alpha value is -2.49. The van der Waals surface area contributed by atoms with Crippen LogP contribution in [-0.4, -0.2) is 26.6 Å². The first kappa shape index (κ1) is 16.9. The van der Waals surface area contributed by atoms with Crippen molar-refractivity contribution in [2.24, 2.45) is 10.7 Å². The first-order valence-electron chi connectivity index (χ1n) is 7.71. The molecule has 2 rings (SSSR count). The number of aliphatic imine (C=N–C) groups is 1. The fourth-order valence-corrected chi connectivity index (χ4v) is 2.40. The third kappa shape index (κ3) is 4.49. The van der Waals surface area contributed by atoms with Gasteiger partial charge >= 0.3 is 0 Å². The van der Waals surface area contributed by atoms with Crippen molar-refractivity contribution in [3.8, 4) is 11.5 Å². The SMILES string of the molecule is COc1ccc(CCN=C(N)[C@H](C)c2ccccc2)cc1OC. The lowest BCUT2D eigenvalue weighted by Gasteiger charge is -2.12. The molecule has 2 aromatic carbocycles. The van der Waals surface area contributed by atoms with Crippen molar-refractivity contribution < 1.29 is 9.47 Å². The Morgan fingerprint density at radius 1 is 1.04 bits per heavy atom. The van der Waals surface area contributed by atoms with Gasteiger partial charge in [0.05, 0.1) is 14.2 Å². The fourth-order valence-electron chi connectivity index (χ4n) is 2.40. The van der Waals surface area contributed by atoms with E-state index < -0.39 is 0 Å². The third-order valence-corrected chi connectivity index (χ3v) is 3.89. The Bertz CT molecular complexity index is 654. The van der Waals surface area contributed by atoms with Crippen LogP contribution < -0.4 is 15.2 Å². The molecule has 0 saturated carbocycles. The Balaban J connectivity index is 1.98. The van der Waals surface area contributed by atoms with Crippen molar-refractivity contribution >= 4 is 5.84 Å². The van der Waals surface area contributed by atoms with Gasteiger partial charge in [-0.2, -0.15) is 0 Å². The molecule has 0 heterocycles. The van der Waals surface area contributed by atoms with Crippen LogP contribution in [0.5, 0.6) is 11.5 Å². The second-order valence-corrected chi connectivity index (χ2v) is 5.38. The van der Waals surface area contributed by atoms with E-state index in [9.17, 15) is 0 Å². The maximum atomic E-state index is 6.12. The summed E-state index contributed by atoms with van der Waals surface area (Å²) < 4.78 is 10.6. The summed E-state index contributed by atoms with van der Waals surface area (Å²) in [6.07, 6.45) is 0.808. The van der Waals surface area contributed by atoms with Crippen LogP contribution in [0, 0.1) is 0 Å². The third-order valence-electron chi connectivity index (χ3n) is 3.89. The standard InChI is InChI=1S/C19H24N2O2/c1-14(16-7-5-4-6-8-16)19(20)21-12-11-15-9-10-17(22-2)18(13-15)23-3/h4-10,13-14H,11-12H2,1-3H3,(H2,20,21)/t14-/m1/s1. The number of ether oxygens (including phenoxy) is 2. The van der Waals surface area contributed by atoms with Crippen LogP contribution in [-0.2, 0) is 6.42 Å². The number of nitrogens with zero attached hydrogens (tertiary/aromatic N) is 1. The van der Waals surface area contributed by atoms with Gasteiger partial charge < -0.3 is 15.2 Å². The molecule has 0 saturated heterocycles. The zero-order chi connectivity index (χ0) is 16.7. The van der Waals surface area contributed by atoms with Crippen LogP contribution in [0.4, 0.5) is 0 Å². The van der Waals surface area contributed by atoms with E-state index in [1.54, 1.807) is 14.2 Å². The van der Waals surface area contributed by atoms with Gasteiger partial charge in [0.25, 0.3) is 0 Å². The van der Waals surface area contributed by atoms with Gasteiger partial charge in [0.2, 0.25) is 0 Å². The lowest BCUT2D eigenvalue weighted by atomic mass is 10.0. The van der Waals surface area contributed by atoms with Crippen LogP contribution in [0.3, 0.4) is 0 Å². The van der Waals surface area contributed by atoms with E-state index in [4.69, 9.17) is 15.2 Å². The van der Waals surface area contributed by atoms with E-state index in [1.165, 1.54) is 5.56 Å². The first-order chi connectivity index (χ1) is 11.2. The number of rotatable bonds is 7. The summed E-state index contributed by atoms with van der Waals surface area (Å²) in [6.45, 7) is 2.73. The molecule has 2 N–H and O–H groups in total. The Morgan fingerprint density at radius 3 is 2.39 bits per heavy atom. The number of hydrogen-bond acceptors (Lipinski definition) is 3. The van der Waals surface area contributed by atoms with Crippen molar-refractivity contribution in [2.45, 2.75) is 19.3 Å². The van der Waals surface area contributed by atoms with Gasteiger partial charge in [0, 0.05) is 12.5 Å². The predicted octanol–water partition coefficient (Wildman–Crippen LogP) is 3.41. The molecule has 122 valence electrons. The molecule has 0 fully saturated rings. The minimum Gasteiger partial charge on any atom is -0.493 e. The molecule has 0 aliphatic rings. The van der Waals surface area contributed by atoms with Crippen LogP contribution in [0.25, 0.3) is 0 Å². The highest BCUT2D eigenvalue weighted by molar-refractivity contribution is 5.87. The molecule has 2 aromatic rings. The smallest absolute Gasteiger partial charge is 0.160 e. The quantitative estimate of drug-likeness (QED) is 0.629. The normalized spacial score (nSPS) is 12.7. The molecule has 0 radical (unpaired) electrons. The number of methoxy groups -OCH3 is 2. The van der Waals surface area contributed by atoms with Gasteiger partial charge in [-0.15, -0.1) is 0 Å². The molecule has 4 nitrogen and oxygen atoms in total. The molecular formula is C19H24N2O2. The predicted molar refractivity (Wildman–Crippen MR) is 94.6 cm³/mol. The second kappa shape index (κ2) is 8.22. The lowest BCUT2D eigenvalue weighted by Crippen LogP contribution is -2.20. The van der Waals surface area contributed by atoms with Crippen molar-refractivity contribution in [1.82, 2.24) is 0 Å². The first-order valence-corrected chi connectivity index (χ1v) is 7.71. The van der Waals surface area contributed by atoms with Crippen LogP contribution in [0.2, 0.25) is 0 Å². The monoisotopic (exact) mass is 312 g/mol. The molecule has 0 aliphatic heterocycles. The van der Waals surface area contributed by atoms with E-state index in [1.807, 2.05) is 36.4 Å². The maximum absolute atomic E-state index is 6.12. The van der Waals surface area contributed by atoms with Crippen LogP contribution in [0.1, 0.15) is 24.0 Å². The topological polar surface area (TPSA) is 56.8 Å². The van der Waals surface area contributed by atoms with Gasteiger partial charge in [-0.05, 0) is 29.7 Å². The highest BCUT2D eigenvalue weighted by Crippen LogP contribution is 2.27. The van der Waals surface area contributed by atoms with Gasteiger partial charge in [-0.25, -0.2) is 0 Å². The van der Waals surface area contributed by atoms with Crippen LogP contribution in [0.15, 0.2) is 53.5 Å². The maximum Gasteiger partial charge on any atom is 0.160 e. The van der Waals surface area contributed by atoms with Gasteiger partial charge in [-0.1, -0.05) is 43.3 Å². The zero-order valence-corrected chi connectivity index (χ0v) is 14.0. The van der Waals surface area contributed by atoms with Crippen LogP contribution >= 0.6 is 0 Å². The molecule has 1 atom stereocenters. The molecule has 0 aliphatic carbocycles. The number of nitrogens with two attached hydrogens (primary N) is 1. The average Bonchev–Trinajstić information content (AvgIpc) is 2.61. The molecule has 0 unspecified atom stereocenters. The Labute approximate surface area is 138 Å². The summed E-state index contributed by atoms with van der Waals surface area (Å²) in [6, 6.07) is 16.1. The summed E-state index contributed by atoms with van der Waals surface area (Å²) in [5.74, 6) is 2.26. The minimum atomic E-state index is 0.126. The second-order valence-electron chi connectivity index (χ2n) is 5.38. The van der Waals surface area contributed by atoms with Crippen molar-refractivity contribution in [2.75, 3.05) is 20.8 Å². The number of benzene rings is 2. The van der Waals surface area contributed by atoms with Gasteiger partial charge in [-0.3, -0.25) is 4.99 Å². The molecule has 0 amide bonds. The highest BCUT2D eigenvalue weighted by atomic mass is 16.5. The molecule has 23 heavy (non-hydrogen) atoms. The Morgan fingerprint density at radius 2 is 1.74 bits per heavy atom. The summed E-state index contributed by atoms with van der Waals surface area (Å²) >= 11 is 0. The Kier molecular flexibility index (Phi) is 6.03. The molecule has 0 spiro atoms. The van der Waals surface area contributed by atoms with E-state index >= 15 is 0 Å². The van der Waals surface area contributed by atoms with Crippen molar-refractivity contribution in [3.05, 3.63) is 59.7 Å². The summed E-state index contributed by atoms with van der Waals surface area (Å²) in [7, 11) is 3.27. The number of amidine groups is 1.